The first-order chi connectivity index (χ1) is 9.75. The van der Waals surface area contributed by atoms with E-state index in [4.69, 9.17) is 11.6 Å². The van der Waals surface area contributed by atoms with Gasteiger partial charge in [0.1, 0.15) is 0 Å². The lowest BCUT2D eigenvalue weighted by atomic mass is 10.1. The number of halogens is 1. The second kappa shape index (κ2) is 8.02. The van der Waals surface area contributed by atoms with Crippen molar-refractivity contribution in [1.82, 2.24) is 10.3 Å². The number of benzene rings is 1. The first-order valence-electron chi connectivity index (χ1n) is 6.63. The Balaban J connectivity index is 1.62. The Hall–Kier alpha value is -1.39. The Morgan fingerprint density at radius 3 is 2.90 bits per heavy atom. The van der Waals surface area contributed by atoms with Crippen LogP contribution in [0.15, 0.2) is 35.2 Å². The Labute approximate surface area is 128 Å². The van der Waals surface area contributed by atoms with Crippen LogP contribution in [-0.2, 0) is 17.6 Å². The van der Waals surface area contributed by atoms with E-state index in [1.54, 1.807) is 16.8 Å². The summed E-state index contributed by atoms with van der Waals surface area (Å²) in [6.45, 7) is 0.647. The molecular formula is C15H17ClN2OS. The largest absolute Gasteiger partial charge is 0.356 e. The number of aromatic nitrogens is 1. The number of carbonyl (C=O) groups is 1. The Kier molecular flexibility index (Phi) is 6.02. The SMILES string of the molecule is O=C(CCCc1ccccc1Cl)NCCc1cscn1. The molecular weight excluding hydrogens is 292 g/mol. The van der Waals surface area contributed by atoms with E-state index in [0.717, 1.165) is 35.5 Å². The van der Waals surface area contributed by atoms with Crippen LogP contribution in [0, 0.1) is 0 Å². The molecule has 3 nitrogen and oxygen atoms in total. The van der Waals surface area contributed by atoms with E-state index in [9.17, 15) is 4.79 Å². The number of nitrogens with one attached hydrogen (secondary N) is 1. The number of carbonyl (C=O) groups excluding carboxylic acids is 1. The minimum absolute atomic E-state index is 0.0901. The van der Waals surface area contributed by atoms with Gasteiger partial charge in [0.15, 0.2) is 0 Å². The number of nitrogens with zero attached hydrogens (tertiary/aromatic N) is 1. The van der Waals surface area contributed by atoms with E-state index in [2.05, 4.69) is 10.3 Å². The number of hydrogen-bond acceptors (Lipinski definition) is 3. The normalized spacial score (nSPS) is 10.4. The van der Waals surface area contributed by atoms with Gasteiger partial charge in [-0.1, -0.05) is 29.8 Å². The van der Waals surface area contributed by atoms with Crippen LogP contribution in [0.5, 0.6) is 0 Å². The molecule has 1 N–H and O–H groups in total. The van der Waals surface area contributed by atoms with E-state index in [1.807, 2.05) is 29.6 Å². The van der Waals surface area contributed by atoms with Crippen molar-refractivity contribution in [2.24, 2.45) is 0 Å². The van der Waals surface area contributed by atoms with Crippen molar-refractivity contribution in [2.75, 3.05) is 6.54 Å². The summed E-state index contributed by atoms with van der Waals surface area (Å²) in [6, 6.07) is 7.76. The van der Waals surface area contributed by atoms with Crippen LogP contribution in [0.3, 0.4) is 0 Å². The molecule has 20 heavy (non-hydrogen) atoms. The van der Waals surface area contributed by atoms with Gasteiger partial charge in [0.25, 0.3) is 0 Å². The topological polar surface area (TPSA) is 42.0 Å². The van der Waals surface area contributed by atoms with Gasteiger partial charge in [-0.2, -0.15) is 0 Å². The molecule has 0 saturated heterocycles. The molecule has 0 aliphatic carbocycles. The molecule has 0 radical (unpaired) electrons. The molecule has 5 heteroatoms. The number of amides is 1. The number of aryl methyl sites for hydroxylation is 1. The predicted molar refractivity (Wildman–Crippen MR) is 83.2 cm³/mol. The summed E-state index contributed by atoms with van der Waals surface area (Å²) in [5.74, 6) is 0.0901. The first-order valence-corrected chi connectivity index (χ1v) is 7.95. The third-order valence-corrected chi connectivity index (χ3v) is 4.00. The summed E-state index contributed by atoms with van der Waals surface area (Å²) in [4.78, 5) is 15.9. The maximum absolute atomic E-state index is 11.7. The molecule has 106 valence electrons. The van der Waals surface area contributed by atoms with Crippen LogP contribution in [0.25, 0.3) is 0 Å². The third-order valence-electron chi connectivity index (χ3n) is 2.99. The van der Waals surface area contributed by atoms with E-state index in [-0.39, 0.29) is 5.91 Å². The monoisotopic (exact) mass is 308 g/mol. The molecule has 0 fully saturated rings. The van der Waals surface area contributed by atoms with Gasteiger partial charge in [-0.3, -0.25) is 4.79 Å². The zero-order chi connectivity index (χ0) is 14.2. The van der Waals surface area contributed by atoms with Gasteiger partial charge in [-0.05, 0) is 24.5 Å². The average molecular weight is 309 g/mol. The highest BCUT2D eigenvalue weighted by Crippen LogP contribution is 2.17. The van der Waals surface area contributed by atoms with Crippen molar-refractivity contribution < 1.29 is 4.79 Å². The molecule has 0 aliphatic rings. The molecule has 0 bridgehead atoms. The Morgan fingerprint density at radius 2 is 2.15 bits per heavy atom. The molecule has 0 unspecified atom stereocenters. The summed E-state index contributed by atoms with van der Waals surface area (Å²) >= 11 is 7.65. The fraction of sp³-hybridized carbons (Fsp3) is 0.333. The lowest BCUT2D eigenvalue weighted by molar-refractivity contribution is -0.121. The van der Waals surface area contributed by atoms with Crippen molar-refractivity contribution in [3.8, 4) is 0 Å². The highest BCUT2D eigenvalue weighted by Gasteiger charge is 2.04. The fourth-order valence-corrected chi connectivity index (χ4v) is 2.74. The second-order valence-corrected chi connectivity index (χ2v) is 5.65. The lowest BCUT2D eigenvalue weighted by Crippen LogP contribution is -2.25. The molecule has 0 atom stereocenters. The summed E-state index contributed by atoms with van der Waals surface area (Å²) in [5, 5.41) is 5.69. The zero-order valence-electron chi connectivity index (χ0n) is 11.1. The molecule has 1 aromatic heterocycles. The van der Waals surface area contributed by atoms with Crippen molar-refractivity contribution >= 4 is 28.8 Å². The van der Waals surface area contributed by atoms with Crippen LogP contribution < -0.4 is 5.32 Å². The van der Waals surface area contributed by atoms with E-state index in [0.29, 0.717) is 13.0 Å². The summed E-state index contributed by atoms with van der Waals surface area (Å²) in [7, 11) is 0. The second-order valence-electron chi connectivity index (χ2n) is 4.52. The van der Waals surface area contributed by atoms with Crippen molar-refractivity contribution in [2.45, 2.75) is 25.7 Å². The zero-order valence-corrected chi connectivity index (χ0v) is 12.7. The summed E-state index contributed by atoms with van der Waals surface area (Å²) in [6.07, 6.45) is 2.97. The van der Waals surface area contributed by atoms with Crippen LogP contribution >= 0.6 is 22.9 Å². The quantitative estimate of drug-likeness (QED) is 0.851. The summed E-state index contributed by atoms with van der Waals surface area (Å²) < 4.78 is 0. The fourth-order valence-electron chi connectivity index (χ4n) is 1.92. The number of rotatable bonds is 7. The number of hydrogen-bond donors (Lipinski definition) is 1. The van der Waals surface area contributed by atoms with E-state index >= 15 is 0 Å². The van der Waals surface area contributed by atoms with Gasteiger partial charge in [-0.15, -0.1) is 11.3 Å². The van der Waals surface area contributed by atoms with Crippen LogP contribution in [0.1, 0.15) is 24.1 Å². The van der Waals surface area contributed by atoms with Gasteiger partial charge in [0, 0.05) is 29.8 Å². The van der Waals surface area contributed by atoms with Gasteiger partial charge < -0.3 is 5.32 Å². The standard InChI is InChI=1S/C15H17ClN2OS/c16-14-6-2-1-4-12(14)5-3-7-15(19)17-9-8-13-10-20-11-18-13/h1-2,4,6,10-11H,3,5,7-9H2,(H,17,19). The maximum atomic E-state index is 11.7. The average Bonchev–Trinajstić information content (AvgIpc) is 2.94. The van der Waals surface area contributed by atoms with Gasteiger partial charge in [-0.25, -0.2) is 4.98 Å². The first kappa shape index (κ1) is 15.0. The highest BCUT2D eigenvalue weighted by atomic mass is 35.5. The number of thiazole rings is 1. The van der Waals surface area contributed by atoms with Gasteiger partial charge in [0.2, 0.25) is 5.91 Å². The van der Waals surface area contributed by atoms with E-state index < -0.39 is 0 Å². The molecule has 0 spiro atoms. The molecule has 1 aromatic carbocycles. The van der Waals surface area contributed by atoms with Crippen LogP contribution in [0.2, 0.25) is 5.02 Å². The summed E-state index contributed by atoms with van der Waals surface area (Å²) in [5.41, 5.74) is 3.94. The predicted octanol–water partition coefficient (Wildman–Crippen LogP) is 3.48. The van der Waals surface area contributed by atoms with Crippen molar-refractivity contribution in [1.29, 1.82) is 0 Å². The minimum atomic E-state index is 0.0901. The van der Waals surface area contributed by atoms with Crippen LogP contribution in [0.4, 0.5) is 0 Å². The highest BCUT2D eigenvalue weighted by molar-refractivity contribution is 7.07. The molecule has 2 rings (SSSR count). The third kappa shape index (κ3) is 4.94. The Bertz CT molecular complexity index is 543. The van der Waals surface area contributed by atoms with E-state index in [1.165, 1.54) is 0 Å². The smallest absolute Gasteiger partial charge is 0.220 e. The maximum Gasteiger partial charge on any atom is 0.220 e. The lowest BCUT2D eigenvalue weighted by Gasteiger charge is -2.05. The van der Waals surface area contributed by atoms with Gasteiger partial charge >= 0.3 is 0 Å². The molecule has 0 aliphatic heterocycles. The molecule has 1 amide bonds. The van der Waals surface area contributed by atoms with Gasteiger partial charge in [0.05, 0.1) is 11.2 Å². The van der Waals surface area contributed by atoms with Crippen molar-refractivity contribution in [3.05, 3.63) is 51.4 Å². The van der Waals surface area contributed by atoms with Crippen molar-refractivity contribution in [3.63, 3.8) is 0 Å². The minimum Gasteiger partial charge on any atom is -0.356 e. The Morgan fingerprint density at radius 1 is 1.30 bits per heavy atom. The molecule has 2 aromatic rings. The molecule has 0 saturated carbocycles. The molecule has 1 heterocycles. The van der Waals surface area contributed by atoms with Crippen LogP contribution in [-0.4, -0.2) is 17.4 Å².